The summed E-state index contributed by atoms with van der Waals surface area (Å²) in [7, 11) is 1.45. The van der Waals surface area contributed by atoms with E-state index in [-0.39, 0.29) is 23.8 Å². The molecule has 0 amide bonds. The van der Waals surface area contributed by atoms with Crippen LogP contribution < -0.4 is 11.1 Å². The Balaban J connectivity index is 1.53. The fourth-order valence-electron chi connectivity index (χ4n) is 4.95. The number of esters is 1. The highest BCUT2D eigenvalue weighted by molar-refractivity contribution is 6.33. The van der Waals surface area contributed by atoms with Gasteiger partial charge < -0.3 is 15.8 Å². The van der Waals surface area contributed by atoms with E-state index in [0.29, 0.717) is 16.7 Å². The average Bonchev–Trinajstić information content (AvgIpc) is 3.36. The second kappa shape index (κ2) is 7.67. The maximum atomic E-state index is 11.9. The van der Waals surface area contributed by atoms with E-state index < -0.39 is 0 Å². The van der Waals surface area contributed by atoms with Gasteiger partial charge in [-0.2, -0.15) is 5.10 Å². The van der Waals surface area contributed by atoms with Gasteiger partial charge in [0.15, 0.2) is 5.82 Å². The summed E-state index contributed by atoms with van der Waals surface area (Å²) in [6.07, 6.45) is 4.04. The van der Waals surface area contributed by atoms with E-state index in [1.165, 1.54) is 7.11 Å². The first kappa shape index (κ1) is 20.1. The molecule has 0 radical (unpaired) electrons. The molecule has 1 atom stereocenters. The highest BCUT2D eigenvalue weighted by atomic mass is 35.5. The molecule has 1 fully saturated rings. The molecule has 1 aliphatic carbocycles. The molecule has 1 unspecified atom stereocenters. The number of aryl methyl sites for hydroxylation is 1. The molecule has 2 aliphatic rings. The molecule has 1 aromatic carbocycles. The number of carbonyl (C=O) groups is 1. The highest BCUT2D eigenvalue weighted by Gasteiger charge is 2.34. The number of methoxy groups -OCH3 is 1. The van der Waals surface area contributed by atoms with E-state index in [0.717, 1.165) is 60.4 Å². The van der Waals surface area contributed by atoms with E-state index in [1.807, 2.05) is 23.6 Å². The second-order valence-electron chi connectivity index (χ2n) is 8.41. The number of ether oxygens (including phenoxy) is 1. The summed E-state index contributed by atoms with van der Waals surface area (Å²) in [4.78, 5) is 21.4. The van der Waals surface area contributed by atoms with E-state index >= 15 is 0 Å². The fraction of sp³-hybridized carbons (Fsp3) is 0.455. The largest absolute Gasteiger partial charge is 0.469 e. The van der Waals surface area contributed by atoms with Gasteiger partial charge >= 0.3 is 5.97 Å². The molecule has 1 saturated carbocycles. The summed E-state index contributed by atoms with van der Waals surface area (Å²) in [6.45, 7) is 1.83. The third-order valence-corrected chi connectivity index (χ3v) is 6.79. The number of halogens is 1. The lowest BCUT2D eigenvalue weighted by molar-refractivity contribution is -0.146. The van der Waals surface area contributed by atoms with Crippen LogP contribution in [0.3, 0.4) is 0 Å². The van der Waals surface area contributed by atoms with Gasteiger partial charge in [0, 0.05) is 12.3 Å². The third-order valence-electron chi connectivity index (χ3n) is 6.48. The van der Waals surface area contributed by atoms with Crippen LogP contribution in [0.2, 0.25) is 5.02 Å². The zero-order valence-corrected chi connectivity index (χ0v) is 18.3. The number of hydrogen-bond acceptors (Lipinski definition) is 7. The van der Waals surface area contributed by atoms with Crippen LogP contribution in [-0.4, -0.2) is 32.7 Å². The van der Waals surface area contributed by atoms with Crippen LogP contribution in [0.4, 0.5) is 11.5 Å². The number of para-hydroxylation sites is 1. The Morgan fingerprint density at radius 2 is 2.03 bits per heavy atom. The molecule has 0 spiro atoms. The Hall–Kier alpha value is -2.87. The molecule has 31 heavy (non-hydrogen) atoms. The number of nitrogen functional groups attached to an aromatic ring is 1. The molecule has 2 aromatic heterocycles. The zero-order valence-electron chi connectivity index (χ0n) is 17.6. The minimum atomic E-state index is -0.126. The quantitative estimate of drug-likeness (QED) is 0.596. The van der Waals surface area contributed by atoms with E-state index in [1.54, 1.807) is 0 Å². The van der Waals surface area contributed by atoms with Crippen molar-refractivity contribution >= 4 is 34.6 Å². The van der Waals surface area contributed by atoms with Crippen molar-refractivity contribution in [3.8, 4) is 0 Å². The number of hydrogen-bond donors (Lipinski definition) is 2. The Kier molecular flexibility index (Phi) is 4.97. The van der Waals surface area contributed by atoms with Crippen molar-refractivity contribution < 1.29 is 9.53 Å². The number of anilines is 2. The number of nitrogens with zero attached hydrogens (tertiary/aromatic N) is 4. The molecule has 3 N–H and O–H groups in total. The summed E-state index contributed by atoms with van der Waals surface area (Å²) in [5, 5.41) is 8.88. The molecule has 5 rings (SSSR count). The van der Waals surface area contributed by atoms with Crippen LogP contribution >= 0.6 is 11.6 Å². The first-order valence-corrected chi connectivity index (χ1v) is 11.0. The molecule has 9 heteroatoms. The lowest BCUT2D eigenvalue weighted by Crippen LogP contribution is -2.23. The van der Waals surface area contributed by atoms with Crippen molar-refractivity contribution in [1.29, 1.82) is 0 Å². The van der Waals surface area contributed by atoms with E-state index in [4.69, 9.17) is 27.1 Å². The van der Waals surface area contributed by atoms with Gasteiger partial charge in [-0.1, -0.05) is 23.7 Å². The van der Waals surface area contributed by atoms with Crippen molar-refractivity contribution in [2.45, 2.75) is 51.0 Å². The van der Waals surface area contributed by atoms with Gasteiger partial charge in [-0.3, -0.25) is 4.79 Å². The van der Waals surface area contributed by atoms with Crippen LogP contribution in [0.5, 0.6) is 0 Å². The summed E-state index contributed by atoms with van der Waals surface area (Å²) < 4.78 is 6.79. The smallest absolute Gasteiger partial charge is 0.308 e. The molecule has 162 valence electrons. The van der Waals surface area contributed by atoms with Crippen molar-refractivity contribution in [3.63, 3.8) is 0 Å². The number of benzene rings is 1. The molecule has 8 nitrogen and oxygen atoms in total. The van der Waals surface area contributed by atoms with Crippen LogP contribution in [0, 0.1) is 12.8 Å². The molecule has 0 bridgehead atoms. The Morgan fingerprint density at radius 3 is 2.74 bits per heavy atom. The van der Waals surface area contributed by atoms with E-state index in [2.05, 4.69) is 21.5 Å². The number of aromatic nitrogens is 4. The number of carbonyl (C=O) groups excluding carboxylic acids is 1. The van der Waals surface area contributed by atoms with Crippen LogP contribution in [0.25, 0.3) is 5.52 Å². The summed E-state index contributed by atoms with van der Waals surface area (Å²) in [5.74, 6) is 1.94. The van der Waals surface area contributed by atoms with Crippen LogP contribution in [0.1, 0.15) is 60.5 Å². The Bertz CT molecular complexity index is 1170. The van der Waals surface area contributed by atoms with Crippen molar-refractivity contribution in [2.75, 3.05) is 18.2 Å². The number of nitrogens with two attached hydrogens (primary N) is 1. The van der Waals surface area contributed by atoms with Gasteiger partial charge in [0.05, 0.1) is 35.5 Å². The van der Waals surface area contributed by atoms with E-state index in [9.17, 15) is 4.79 Å². The molecule has 0 saturated heterocycles. The van der Waals surface area contributed by atoms with Gasteiger partial charge in [0.2, 0.25) is 0 Å². The number of fused-ring (bicyclic) bond motifs is 2. The maximum absolute atomic E-state index is 11.9. The van der Waals surface area contributed by atoms with Gasteiger partial charge in [-0.05, 0) is 44.2 Å². The number of rotatable bonds is 3. The molecular formula is C22H25ClN6O2. The van der Waals surface area contributed by atoms with Gasteiger partial charge in [0.1, 0.15) is 17.2 Å². The summed E-state index contributed by atoms with van der Waals surface area (Å²) >= 11 is 6.40. The van der Waals surface area contributed by atoms with Crippen LogP contribution in [0.15, 0.2) is 18.2 Å². The lowest BCUT2D eigenvalue weighted by Gasteiger charge is -2.25. The standard InChI is InChI=1S/C22H25ClN6O2/c1-11-25-20(24)19-18(16-10-14-4-3-5-15(23)17(14)26-16)27-21(29(19)28-11)12-6-8-13(9-7-12)22(30)31-2/h3-5,12-13,16,26H,6-10H2,1-2H3,(H2,24,25,28)/t12-,13-,16?. The van der Waals surface area contributed by atoms with Crippen LogP contribution in [-0.2, 0) is 16.0 Å². The normalized spacial score (nSPS) is 22.9. The number of nitrogens with one attached hydrogen (secondary N) is 1. The monoisotopic (exact) mass is 440 g/mol. The fourth-order valence-corrected chi connectivity index (χ4v) is 5.20. The number of imidazole rings is 1. The Morgan fingerprint density at radius 1 is 1.26 bits per heavy atom. The zero-order chi connectivity index (χ0) is 21.7. The van der Waals surface area contributed by atoms with Gasteiger partial charge in [0.25, 0.3) is 0 Å². The average molecular weight is 441 g/mol. The van der Waals surface area contributed by atoms with Crippen molar-refractivity contribution in [3.05, 3.63) is 46.1 Å². The van der Waals surface area contributed by atoms with Crippen molar-refractivity contribution in [2.24, 2.45) is 5.92 Å². The van der Waals surface area contributed by atoms with Gasteiger partial charge in [-0.15, -0.1) is 0 Å². The van der Waals surface area contributed by atoms with Crippen molar-refractivity contribution in [1.82, 2.24) is 19.6 Å². The Labute approximate surface area is 185 Å². The van der Waals surface area contributed by atoms with Gasteiger partial charge in [-0.25, -0.2) is 14.5 Å². The summed E-state index contributed by atoms with van der Waals surface area (Å²) in [6, 6.07) is 5.86. The molecule has 3 aromatic rings. The SMILES string of the molecule is COC(=O)[C@H]1CC[C@H](c2nc(C3Cc4cccc(Cl)c4N3)c3c(N)nc(C)nn32)CC1. The topological polar surface area (TPSA) is 107 Å². The minimum Gasteiger partial charge on any atom is -0.469 e. The predicted octanol–water partition coefficient (Wildman–Crippen LogP) is 3.82. The second-order valence-corrected chi connectivity index (χ2v) is 8.81. The predicted molar refractivity (Wildman–Crippen MR) is 118 cm³/mol. The highest BCUT2D eigenvalue weighted by Crippen LogP contribution is 2.42. The molecule has 1 aliphatic heterocycles. The first-order valence-electron chi connectivity index (χ1n) is 10.6. The minimum absolute atomic E-state index is 0.0403. The lowest BCUT2D eigenvalue weighted by atomic mass is 9.81. The molecule has 3 heterocycles. The third kappa shape index (κ3) is 3.39. The molecular weight excluding hydrogens is 416 g/mol. The first-order chi connectivity index (χ1) is 15.0. The maximum Gasteiger partial charge on any atom is 0.308 e. The summed E-state index contributed by atoms with van der Waals surface area (Å²) in [5.41, 5.74) is 10.1.